The molecule has 3 rings (SSSR count). The highest BCUT2D eigenvalue weighted by Crippen LogP contribution is 2.24. The van der Waals surface area contributed by atoms with Gasteiger partial charge in [-0.1, -0.05) is 24.3 Å². The zero-order valence-electron chi connectivity index (χ0n) is 13.2. The summed E-state index contributed by atoms with van der Waals surface area (Å²) in [5, 5.41) is 14.8. The van der Waals surface area contributed by atoms with Gasteiger partial charge < -0.3 is 15.4 Å². The van der Waals surface area contributed by atoms with E-state index in [-0.39, 0.29) is 18.7 Å². The third-order valence-corrected chi connectivity index (χ3v) is 4.95. The molecule has 0 aliphatic carbocycles. The summed E-state index contributed by atoms with van der Waals surface area (Å²) in [6, 6.07) is 9.16. The minimum absolute atomic E-state index is 0.126. The molecule has 24 heavy (non-hydrogen) atoms. The van der Waals surface area contributed by atoms with Gasteiger partial charge in [-0.15, -0.1) is 11.3 Å². The number of H-pyrrole nitrogens is 1. The Morgan fingerprint density at radius 2 is 2.12 bits per heavy atom. The number of hydrogen-bond donors (Lipinski definition) is 3. The third-order valence-electron chi connectivity index (χ3n) is 3.96. The second-order valence-electron chi connectivity index (χ2n) is 5.72. The van der Waals surface area contributed by atoms with Crippen LogP contribution in [0.3, 0.4) is 0 Å². The van der Waals surface area contributed by atoms with Gasteiger partial charge in [0.25, 0.3) is 0 Å². The Balaban J connectivity index is 1.75. The molecular formula is C18H18N2O3S. The van der Waals surface area contributed by atoms with Gasteiger partial charge in [0.1, 0.15) is 0 Å². The smallest absolute Gasteiger partial charge is 0.305 e. The Labute approximate surface area is 143 Å². The number of fused-ring (bicyclic) bond motifs is 1. The summed E-state index contributed by atoms with van der Waals surface area (Å²) in [5.41, 5.74) is 3.06. The number of rotatable bonds is 6. The molecule has 0 fully saturated rings. The first-order valence-electron chi connectivity index (χ1n) is 7.64. The first-order chi connectivity index (χ1) is 11.5. The molecule has 3 aromatic rings. The lowest BCUT2D eigenvalue weighted by molar-refractivity contribution is -0.137. The summed E-state index contributed by atoms with van der Waals surface area (Å²) in [7, 11) is 0. The Kier molecular flexibility index (Phi) is 4.66. The van der Waals surface area contributed by atoms with Crippen molar-refractivity contribution in [1.82, 2.24) is 10.3 Å². The number of aromatic amines is 1. The van der Waals surface area contributed by atoms with Crippen LogP contribution in [0.25, 0.3) is 10.9 Å². The van der Waals surface area contributed by atoms with Crippen molar-refractivity contribution < 1.29 is 14.7 Å². The van der Waals surface area contributed by atoms with E-state index in [1.165, 1.54) is 11.3 Å². The molecule has 1 aromatic carbocycles. The second-order valence-corrected chi connectivity index (χ2v) is 6.70. The maximum atomic E-state index is 12.4. The van der Waals surface area contributed by atoms with E-state index < -0.39 is 12.0 Å². The summed E-state index contributed by atoms with van der Waals surface area (Å²) in [5.74, 6) is -1.12. The molecule has 0 unspecified atom stereocenters. The summed E-state index contributed by atoms with van der Waals surface area (Å²) in [6.07, 6.45) is 1.93. The summed E-state index contributed by atoms with van der Waals surface area (Å²) in [6.45, 7) is 2.02. The Morgan fingerprint density at radius 3 is 2.83 bits per heavy atom. The zero-order valence-corrected chi connectivity index (χ0v) is 14.0. The van der Waals surface area contributed by atoms with Crippen molar-refractivity contribution in [2.75, 3.05) is 0 Å². The average Bonchev–Trinajstić information content (AvgIpc) is 3.17. The number of aryl methyl sites for hydroxylation is 1. The second kappa shape index (κ2) is 6.88. The number of hydrogen-bond acceptors (Lipinski definition) is 3. The van der Waals surface area contributed by atoms with E-state index in [1.807, 2.05) is 48.8 Å². The van der Waals surface area contributed by atoms with Crippen LogP contribution in [0.4, 0.5) is 0 Å². The quantitative estimate of drug-likeness (QED) is 0.642. The van der Waals surface area contributed by atoms with Gasteiger partial charge in [0.2, 0.25) is 5.91 Å². The molecule has 2 aromatic heterocycles. The molecular weight excluding hydrogens is 324 g/mol. The standard InChI is InChI=1S/C18H18N2O3S/c1-11-4-2-5-13-12(10-19-18(11)13)8-16(21)20-14(9-17(22)23)15-6-3-7-24-15/h2-7,10,14,19H,8-9H2,1H3,(H,20,21)(H,22,23)/t14-/m0/s1. The van der Waals surface area contributed by atoms with E-state index in [4.69, 9.17) is 5.11 Å². The van der Waals surface area contributed by atoms with E-state index in [0.29, 0.717) is 0 Å². The molecule has 1 amide bonds. The number of aromatic nitrogens is 1. The van der Waals surface area contributed by atoms with Gasteiger partial charge >= 0.3 is 5.97 Å². The normalized spacial score (nSPS) is 12.2. The monoisotopic (exact) mass is 342 g/mol. The van der Waals surface area contributed by atoms with Crippen LogP contribution in [-0.4, -0.2) is 22.0 Å². The van der Waals surface area contributed by atoms with E-state index in [9.17, 15) is 9.59 Å². The minimum atomic E-state index is -0.934. The third kappa shape index (κ3) is 3.49. The highest BCUT2D eigenvalue weighted by Gasteiger charge is 2.19. The van der Waals surface area contributed by atoms with Gasteiger partial charge in [-0.05, 0) is 29.5 Å². The van der Waals surface area contributed by atoms with Crippen molar-refractivity contribution >= 4 is 34.1 Å². The lowest BCUT2D eigenvalue weighted by Gasteiger charge is -2.15. The largest absolute Gasteiger partial charge is 0.481 e. The van der Waals surface area contributed by atoms with Crippen LogP contribution >= 0.6 is 11.3 Å². The molecule has 0 spiro atoms. The molecule has 3 N–H and O–H groups in total. The number of carbonyl (C=O) groups is 2. The lowest BCUT2D eigenvalue weighted by Crippen LogP contribution is -2.30. The molecule has 1 atom stereocenters. The van der Waals surface area contributed by atoms with Crippen LogP contribution in [0, 0.1) is 6.92 Å². The van der Waals surface area contributed by atoms with Crippen molar-refractivity contribution in [3.63, 3.8) is 0 Å². The predicted molar refractivity (Wildman–Crippen MR) is 94.2 cm³/mol. The minimum Gasteiger partial charge on any atom is -0.481 e. The molecule has 0 bridgehead atoms. The topological polar surface area (TPSA) is 82.2 Å². The maximum Gasteiger partial charge on any atom is 0.305 e. The fourth-order valence-electron chi connectivity index (χ4n) is 2.82. The molecule has 124 valence electrons. The van der Waals surface area contributed by atoms with Gasteiger partial charge in [0, 0.05) is 22.0 Å². The number of carbonyl (C=O) groups excluding carboxylic acids is 1. The van der Waals surface area contributed by atoms with E-state index >= 15 is 0 Å². The predicted octanol–water partition coefficient (Wildman–Crippen LogP) is 3.41. The number of amides is 1. The summed E-state index contributed by atoms with van der Waals surface area (Å²) in [4.78, 5) is 27.5. The van der Waals surface area contributed by atoms with Crippen LogP contribution in [-0.2, 0) is 16.0 Å². The number of aliphatic carboxylic acids is 1. The lowest BCUT2D eigenvalue weighted by atomic mass is 10.1. The molecule has 0 radical (unpaired) electrons. The van der Waals surface area contributed by atoms with Crippen LogP contribution in [0.15, 0.2) is 41.9 Å². The van der Waals surface area contributed by atoms with Crippen molar-refractivity contribution in [1.29, 1.82) is 0 Å². The molecule has 0 saturated carbocycles. The van der Waals surface area contributed by atoms with Crippen molar-refractivity contribution in [2.24, 2.45) is 0 Å². The first kappa shape index (κ1) is 16.3. The number of benzene rings is 1. The number of carboxylic acid groups (broad SMARTS) is 1. The van der Waals surface area contributed by atoms with Gasteiger partial charge in [0.15, 0.2) is 0 Å². The summed E-state index contributed by atoms with van der Waals surface area (Å²) < 4.78 is 0. The Bertz CT molecular complexity index is 868. The van der Waals surface area contributed by atoms with Crippen LogP contribution < -0.4 is 5.32 Å². The highest BCUT2D eigenvalue weighted by atomic mass is 32.1. The fraction of sp³-hybridized carbons (Fsp3) is 0.222. The molecule has 0 aliphatic heterocycles. The van der Waals surface area contributed by atoms with Gasteiger partial charge in [0.05, 0.1) is 18.9 Å². The van der Waals surface area contributed by atoms with E-state index in [2.05, 4.69) is 10.3 Å². The van der Waals surface area contributed by atoms with Crippen molar-refractivity contribution in [3.8, 4) is 0 Å². The zero-order chi connectivity index (χ0) is 17.1. The van der Waals surface area contributed by atoms with E-state index in [0.717, 1.165) is 26.9 Å². The summed E-state index contributed by atoms with van der Waals surface area (Å²) >= 11 is 1.44. The molecule has 0 aliphatic rings. The molecule has 2 heterocycles. The first-order valence-corrected chi connectivity index (χ1v) is 8.52. The number of nitrogens with one attached hydrogen (secondary N) is 2. The Hall–Kier alpha value is -2.60. The van der Waals surface area contributed by atoms with Crippen molar-refractivity contribution in [3.05, 3.63) is 57.9 Å². The van der Waals surface area contributed by atoms with Crippen LogP contribution in [0.1, 0.15) is 28.5 Å². The highest BCUT2D eigenvalue weighted by molar-refractivity contribution is 7.10. The number of thiophene rings is 1. The van der Waals surface area contributed by atoms with Gasteiger partial charge in [-0.25, -0.2) is 0 Å². The number of para-hydroxylation sites is 1. The maximum absolute atomic E-state index is 12.4. The molecule has 0 saturated heterocycles. The van der Waals surface area contributed by atoms with E-state index in [1.54, 1.807) is 0 Å². The number of carboxylic acids is 1. The molecule has 5 nitrogen and oxygen atoms in total. The fourth-order valence-corrected chi connectivity index (χ4v) is 3.59. The van der Waals surface area contributed by atoms with Gasteiger partial charge in [-0.2, -0.15) is 0 Å². The van der Waals surface area contributed by atoms with Crippen molar-refractivity contribution in [2.45, 2.75) is 25.8 Å². The van der Waals surface area contributed by atoms with Crippen LogP contribution in [0.5, 0.6) is 0 Å². The van der Waals surface area contributed by atoms with Crippen LogP contribution in [0.2, 0.25) is 0 Å². The molecule has 6 heteroatoms. The Morgan fingerprint density at radius 1 is 1.29 bits per heavy atom. The SMILES string of the molecule is Cc1cccc2c(CC(=O)N[C@@H](CC(=O)O)c3cccs3)c[nH]c12. The average molecular weight is 342 g/mol. The van der Waals surface area contributed by atoms with Gasteiger partial charge in [-0.3, -0.25) is 9.59 Å².